The Balaban J connectivity index is 1.29. The molecule has 46 heavy (non-hydrogen) atoms. The standard InChI is InChI=1S/C38H32Cl2N2O4/c1-19(2)27-17-45-31-13-11-21(39)15-25(31)35(27)41-29-9-5-7-23-33(29)37(43)24-8-6-10-30(34(24)38(23)44)42-36-26-16-22(40)12-14-32(26)46-18-28(36)20(3)4/h5-16,27-28,35-36,41-42H,1,3,17-18H2,2,4H3. The van der Waals surface area contributed by atoms with E-state index in [1.54, 1.807) is 36.4 Å². The molecule has 2 N–H and O–H groups in total. The molecule has 0 aromatic heterocycles. The van der Waals surface area contributed by atoms with Crippen LogP contribution in [0, 0.1) is 11.8 Å². The number of anilines is 2. The molecule has 0 bridgehead atoms. The normalized spacial score (nSPS) is 21.0. The SMILES string of the molecule is C=C(C)C1COc2ccc(Cl)cc2C1Nc1cccc2c1C(=O)c1cccc(NC3c4cc(Cl)ccc4OCC3C(=C)C)c1C2=O. The Hall–Kier alpha value is -4.52. The lowest BCUT2D eigenvalue weighted by molar-refractivity contribution is 0.0980. The van der Waals surface area contributed by atoms with Crippen LogP contribution < -0.4 is 20.1 Å². The Kier molecular flexibility index (Phi) is 7.66. The van der Waals surface area contributed by atoms with Crippen LogP contribution in [0.5, 0.6) is 11.5 Å². The van der Waals surface area contributed by atoms with Gasteiger partial charge in [-0.2, -0.15) is 0 Å². The van der Waals surface area contributed by atoms with E-state index in [2.05, 4.69) is 23.8 Å². The molecule has 1 aliphatic carbocycles. The summed E-state index contributed by atoms with van der Waals surface area (Å²) in [5.41, 5.74) is 6.11. The second-order valence-corrected chi connectivity index (χ2v) is 13.1. The highest BCUT2D eigenvalue weighted by Crippen LogP contribution is 2.45. The summed E-state index contributed by atoms with van der Waals surface area (Å²) in [6.45, 7) is 13.2. The summed E-state index contributed by atoms with van der Waals surface area (Å²) in [7, 11) is 0. The quantitative estimate of drug-likeness (QED) is 0.178. The maximum absolute atomic E-state index is 14.4. The van der Waals surface area contributed by atoms with Crippen molar-refractivity contribution in [2.45, 2.75) is 25.9 Å². The van der Waals surface area contributed by atoms with E-state index in [4.69, 9.17) is 32.7 Å². The molecular formula is C38H32Cl2N2O4. The van der Waals surface area contributed by atoms with Crippen molar-refractivity contribution >= 4 is 46.1 Å². The van der Waals surface area contributed by atoms with Crippen molar-refractivity contribution in [3.05, 3.63) is 141 Å². The number of hydrogen-bond donors (Lipinski definition) is 2. The molecule has 0 fully saturated rings. The molecule has 4 aromatic rings. The molecule has 4 atom stereocenters. The first-order valence-electron chi connectivity index (χ1n) is 15.2. The van der Waals surface area contributed by atoms with E-state index in [0.717, 1.165) is 33.8 Å². The summed E-state index contributed by atoms with van der Waals surface area (Å²) in [5.74, 6) is 0.809. The second kappa shape index (κ2) is 11.7. The topological polar surface area (TPSA) is 76.7 Å². The summed E-state index contributed by atoms with van der Waals surface area (Å²) >= 11 is 12.8. The van der Waals surface area contributed by atoms with E-state index in [9.17, 15) is 9.59 Å². The number of ether oxygens (including phenoxy) is 2. The molecule has 0 saturated carbocycles. The number of ketones is 2. The molecule has 8 heteroatoms. The average molecular weight is 652 g/mol. The molecule has 2 aliphatic heterocycles. The van der Waals surface area contributed by atoms with Crippen LogP contribution in [0.25, 0.3) is 0 Å². The number of fused-ring (bicyclic) bond motifs is 4. The number of rotatable bonds is 6. The van der Waals surface area contributed by atoms with Gasteiger partial charge in [0.1, 0.15) is 11.5 Å². The van der Waals surface area contributed by atoms with Crippen molar-refractivity contribution in [2.24, 2.45) is 11.8 Å². The van der Waals surface area contributed by atoms with E-state index >= 15 is 0 Å². The third kappa shape index (κ3) is 5.06. The summed E-state index contributed by atoms with van der Waals surface area (Å²) in [6.07, 6.45) is 0. The van der Waals surface area contributed by atoms with E-state index in [1.807, 2.05) is 50.2 Å². The highest BCUT2D eigenvalue weighted by molar-refractivity contribution is 6.32. The van der Waals surface area contributed by atoms with Gasteiger partial charge >= 0.3 is 0 Å². The molecule has 6 nitrogen and oxygen atoms in total. The minimum atomic E-state index is -0.275. The summed E-state index contributed by atoms with van der Waals surface area (Å²) in [4.78, 5) is 28.7. The van der Waals surface area contributed by atoms with E-state index in [1.165, 1.54) is 0 Å². The van der Waals surface area contributed by atoms with Crippen molar-refractivity contribution in [2.75, 3.05) is 23.8 Å². The first kappa shape index (κ1) is 30.2. The van der Waals surface area contributed by atoms with Crippen molar-refractivity contribution in [3.8, 4) is 11.5 Å². The number of carbonyl (C=O) groups excluding carboxylic acids is 2. The molecule has 2 heterocycles. The summed E-state index contributed by atoms with van der Waals surface area (Å²) < 4.78 is 12.1. The smallest absolute Gasteiger partial charge is 0.196 e. The molecule has 0 radical (unpaired) electrons. The predicted octanol–water partition coefficient (Wildman–Crippen LogP) is 9.24. The predicted molar refractivity (Wildman–Crippen MR) is 183 cm³/mol. The zero-order chi connectivity index (χ0) is 32.3. The number of carbonyl (C=O) groups is 2. The van der Waals surface area contributed by atoms with Gasteiger partial charge in [0.05, 0.1) is 36.4 Å². The largest absolute Gasteiger partial charge is 0.493 e. The van der Waals surface area contributed by atoms with Crippen LogP contribution in [0.2, 0.25) is 10.0 Å². The summed E-state index contributed by atoms with van der Waals surface area (Å²) in [6, 6.07) is 21.2. The van der Waals surface area contributed by atoms with Crippen LogP contribution >= 0.6 is 23.2 Å². The molecule has 0 saturated heterocycles. The lowest BCUT2D eigenvalue weighted by atomic mass is 9.80. The van der Waals surface area contributed by atoms with Gasteiger partial charge in [-0.15, -0.1) is 0 Å². The van der Waals surface area contributed by atoms with Crippen LogP contribution in [0.4, 0.5) is 11.4 Å². The molecular weight excluding hydrogens is 619 g/mol. The van der Waals surface area contributed by atoms with Crippen LogP contribution in [0.1, 0.15) is 68.9 Å². The molecule has 4 aromatic carbocycles. The third-order valence-corrected chi connectivity index (χ3v) is 9.69. The van der Waals surface area contributed by atoms with Crippen molar-refractivity contribution < 1.29 is 19.1 Å². The molecule has 3 aliphatic rings. The number of halogens is 2. The molecule has 4 unspecified atom stereocenters. The van der Waals surface area contributed by atoms with Crippen molar-refractivity contribution in [1.29, 1.82) is 0 Å². The average Bonchev–Trinajstić information content (AvgIpc) is 3.03. The van der Waals surface area contributed by atoms with Gasteiger partial charge in [0.25, 0.3) is 0 Å². The fraction of sp³-hybridized carbons (Fsp3) is 0.211. The Bertz CT molecular complexity index is 1830. The Labute approximate surface area is 278 Å². The number of benzene rings is 4. The summed E-state index contributed by atoms with van der Waals surface area (Å²) in [5, 5.41) is 8.35. The van der Waals surface area contributed by atoms with Crippen molar-refractivity contribution in [1.82, 2.24) is 0 Å². The maximum Gasteiger partial charge on any atom is 0.196 e. The second-order valence-electron chi connectivity index (χ2n) is 12.3. The fourth-order valence-electron chi connectivity index (χ4n) is 6.80. The van der Waals surface area contributed by atoms with E-state index in [-0.39, 0.29) is 35.5 Å². The lowest BCUT2D eigenvalue weighted by Crippen LogP contribution is -2.33. The van der Waals surface area contributed by atoms with Crippen LogP contribution in [0.3, 0.4) is 0 Å². The van der Waals surface area contributed by atoms with Crippen LogP contribution in [-0.4, -0.2) is 24.8 Å². The first-order chi connectivity index (χ1) is 22.1. The monoisotopic (exact) mass is 650 g/mol. The molecule has 0 spiro atoms. The number of nitrogens with one attached hydrogen (secondary N) is 2. The third-order valence-electron chi connectivity index (χ3n) is 9.22. The molecule has 0 amide bonds. The minimum absolute atomic E-state index is 0.0866. The minimum Gasteiger partial charge on any atom is -0.493 e. The van der Waals surface area contributed by atoms with E-state index in [0.29, 0.717) is 56.9 Å². The van der Waals surface area contributed by atoms with Gasteiger partial charge in [0.2, 0.25) is 0 Å². The van der Waals surface area contributed by atoms with E-state index < -0.39 is 0 Å². The highest BCUT2D eigenvalue weighted by Gasteiger charge is 2.38. The molecule has 7 rings (SSSR count). The van der Waals surface area contributed by atoms with Gasteiger partial charge in [-0.05, 0) is 62.4 Å². The Morgan fingerprint density at radius 3 is 1.48 bits per heavy atom. The lowest BCUT2D eigenvalue weighted by Gasteiger charge is -2.37. The van der Waals surface area contributed by atoms with Crippen LogP contribution in [0.15, 0.2) is 97.1 Å². The Morgan fingerprint density at radius 1 is 0.674 bits per heavy atom. The van der Waals surface area contributed by atoms with Gasteiger partial charge in [0.15, 0.2) is 11.6 Å². The van der Waals surface area contributed by atoms with Gasteiger partial charge in [-0.3, -0.25) is 9.59 Å². The number of hydrogen-bond acceptors (Lipinski definition) is 6. The highest BCUT2D eigenvalue weighted by atomic mass is 35.5. The Morgan fingerprint density at radius 2 is 1.09 bits per heavy atom. The first-order valence-corrected chi connectivity index (χ1v) is 15.9. The van der Waals surface area contributed by atoms with Crippen LogP contribution in [-0.2, 0) is 0 Å². The zero-order valence-electron chi connectivity index (χ0n) is 25.5. The zero-order valence-corrected chi connectivity index (χ0v) is 27.0. The van der Waals surface area contributed by atoms with Gasteiger partial charge in [-0.1, -0.05) is 71.8 Å². The van der Waals surface area contributed by atoms with Crippen molar-refractivity contribution in [3.63, 3.8) is 0 Å². The van der Waals surface area contributed by atoms with Gasteiger partial charge in [-0.25, -0.2) is 0 Å². The van der Waals surface area contributed by atoms with Gasteiger partial charge < -0.3 is 20.1 Å². The maximum atomic E-state index is 14.4. The van der Waals surface area contributed by atoms with Gasteiger partial charge in [0, 0.05) is 55.5 Å². The molecule has 232 valence electrons. The fourth-order valence-corrected chi connectivity index (χ4v) is 7.16.